The average Bonchev–Trinajstić information content (AvgIpc) is 3.33. The maximum Gasteiger partial charge on any atom is 0.410 e. The number of nitrogens with zero attached hydrogens (tertiary/aromatic N) is 4. The molecule has 2 aromatic rings. The summed E-state index contributed by atoms with van der Waals surface area (Å²) in [6.45, 7) is 15.5. The van der Waals surface area contributed by atoms with Crippen LogP contribution in [0.2, 0.25) is 0 Å². The Morgan fingerprint density at radius 3 is 2.69 bits per heavy atom. The third-order valence-corrected chi connectivity index (χ3v) is 7.05. The van der Waals surface area contributed by atoms with Gasteiger partial charge >= 0.3 is 6.09 Å². The van der Waals surface area contributed by atoms with Gasteiger partial charge in [-0.05, 0) is 82.1 Å². The number of hydrogen-bond acceptors (Lipinski definition) is 5. The number of carbonyl (C=O) groups excluding carboxylic acids is 1. The molecule has 1 aromatic carbocycles. The summed E-state index contributed by atoms with van der Waals surface area (Å²) < 4.78 is 13.6. The molecule has 0 bridgehead atoms. The molecule has 2 unspecified atom stereocenters. The molecule has 2 saturated heterocycles. The SMILES string of the molecule is CCc1cc(N2CCN(C(=O)OC(C)(C)C)C(CC(C)C)C2)ccc1-c1cnn(C2CCCCO2)c1. The highest BCUT2D eigenvalue weighted by molar-refractivity contribution is 5.71. The number of carbonyl (C=O) groups is 1. The molecule has 0 radical (unpaired) electrons. The predicted molar refractivity (Wildman–Crippen MR) is 144 cm³/mol. The number of aromatic nitrogens is 2. The largest absolute Gasteiger partial charge is 0.444 e. The molecule has 0 N–H and O–H groups in total. The number of rotatable bonds is 6. The minimum atomic E-state index is -0.487. The van der Waals surface area contributed by atoms with Crippen LogP contribution in [-0.4, -0.2) is 58.7 Å². The fraction of sp³-hybridized carbons (Fsp3) is 0.655. The fourth-order valence-corrected chi connectivity index (χ4v) is 5.31. The van der Waals surface area contributed by atoms with Gasteiger partial charge in [-0.1, -0.05) is 26.8 Å². The van der Waals surface area contributed by atoms with Gasteiger partial charge in [-0.3, -0.25) is 0 Å². The van der Waals surface area contributed by atoms with E-state index < -0.39 is 5.60 Å². The Labute approximate surface area is 216 Å². The van der Waals surface area contributed by atoms with Crippen LogP contribution in [0.5, 0.6) is 0 Å². The summed E-state index contributed by atoms with van der Waals surface area (Å²) in [6.07, 6.45) is 9.19. The first-order valence-corrected chi connectivity index (χ1v) is 13.7. The Balaban J connectivity index is 1.51. The summed E-state index contributed by atoms with van der Waals surface area (Å²) >= 11 is 0. The average molecular weight is 497 g/mol. The van der Waals surface area contributed by atoms with Crippen molar-refractivity contribution < 1.29 is 14.3 Å². The lowest BCUT2D eigenvalue weighted by Gasteiger charge is -2.43. The van der Waals surface area contributed by atoms with Gasteiger partial charge in [0.1, 0.15) is 11.8 Å². The maximum atomic E-state index is 12.9. The lowest BCUT2D eigenvalue weighted by atomic mass is 9.97. The minimum Gasteiger partial charge on any atom is -0.444 e. The first kappa shape index (κ1) is 26.5. The van der Waals surface area contributed by atoms with Gasteiger partial charge in [-0.15, -0.1) is 0 Å². The molecule has 2 aliphatic rings. The first-order chi connectivity index (χ1) is 17.1. The zero-order chi connectivity index (χ0) is 25.9. The summed E-state index contributed by atoms with van der Waals surface area (Å²) in [6, 6.07) is 6.90. The summed E-state index contributed by atoms with van der Waals surface area (Å²) in [7, 11) is 0. The van der Waals surface area contributed by atoms with Crippen molar-refractivity contribution >= 4 is 11.8 Å². The van der Waals surface area contributed by atoms with Gasteiger partial charge < -0.3 is 19.3 Å². The quantitative estimate of drug-likeness (QED) is 0.471. The van der Waals surface area contributed by atoms with Crippen LogP contribution in [-0.2, 0) is 15.9 Å². The van der Waals surface area contributed by atoms with Gasteiger partial charge in [-0.25, -0.2) is 9.48 Å². The van der Waals surface area contributed by atoms with Crippen molar-refractivity contribution in [2.24, 2.45) is 5.92 Å². The lowest BCUT2D eigenvalue weighted by molar-refractivity contribution is -0.0394. The third-order valence-electron chi connectivity index (χ3n) is 7.05. The van der Waals surface area contributed by atoms with Crippen LogP contribution in [0.15, 0.2) is 30.6 Å². The molecule has 2 atom stereocenters. The van der Waals surface area contributed by atoms with E-state index in [1.54, 1.807) is 0 Å². The molecule has 2 aliphatic heterocycles. The van der Waals surface area contributed by atoms with E-state index >= 15 is 0 Å². The Bertz CT molecular complexity index is 1020. The van der Waals surface area contributed by atoms with Crippen LogP contribution in [0.4, 0.5) is 10.5 Å². The highest BCUT2D eigenvalue weighted by atomic mass is 16.6. The monoisotopic (exact) mass is 496 g/mol. The van der Waals surface area contributed by atoms with E-state index in [0.717, 1.165) is 50.9 Å². The molecule has 1 amide bonds. The van der Waals surface area contributed by atoms with Gasteiger partial charge in [0.05, 0.1) is 12.2 Å². The molecule has 198 valence electrons. The number of benzene rings is 1. The first-order valence-electron chi connectivity index (χ1n) is 13.7. The topological polar surface area (TPSA) is 59.8 Å². The predicted octanol–water partition coefficient (Wildman–Crippen LogP) is 6.28. The van der Waals surface area contributed by atoms with E-state index in [-0.39, 0.29) is 18.4 Å². The lowest BCUT2D eigenvalue weighted by Crippen LogP contribution is -2.56. The smallest absolute Gasteiger partial charge is 0.410 e. The summed E-state index contributed by atoms with van der Waals surface area (Å²) in [4.78, 5) is 17.3. The van der Waals surface area contributed by atoms with Crippen LogP contribution < -0.4 is 4.90 Å². The van der Waals surface area contributed by atoms with Crippen molar-refractivity contribution in [1.82, 2.24) is 14.7 Å². The molecular formula is C29H44N4O3. The van der Waals surface area contributed by atoms with E-state index in [4.69, 9.17) is 9.47 Å². The molecular weight excluding hydrogens is 452 g/mol. The van der Waals surface area contributed by atoms with E-state index in [9.17, 15) is 4.79 Å². The van der Waals surface area contributed by atoms with Crippen molar-refractivity contribution in [1.29, 1.82) is 0 Å². The number of hydrogen-bond donors (Lipinski definition) is 0. The highest BCUT2D eigenvalue weighted by Gasteiger charge is 2.34. The Kier molecular flexibility index (Phi) is 8.28. The van der Waals surface area contributed by atoms with Crippen LogP contribution in [0, 0.1) is 5.92 Å². The summed E-state index contributed by atoms with van der Waals surface area (Å²) in [5.74, 6) is 0.498. The zero-order valence-corrected chi connectivity index (χ0v) is 23.0. The standard InChI is InChI=1S/C29H44N4O3/c1-7-22-17-24(11-12-26(22)23-18-30-33(19-23)27-10-8-9-15-35-27)31-13-14-32(25(20-31)16-21(2)3)28(34)36-29(4,5)6/h11-12,17-19,21,25,27H,7-10,13-16,20H2,1-6H3. The molecule has 7 heteroatoms. The zero-order valence-electron chi connectivity index (χ0n) is 23.0. The van der Waals surface area contributed by atoms with Crippen LogP contribution in [0.1, 0.15) is 79.0 Å². The van der Waals surface area contributed by atoms with Gasteiger partial charge in [-0.2, -0.15) is 5.10 Å². The van der Waals surface area contributed by atoms with Crippen molar-refractivity contribution in [3.63, 3.8) is 0 Å². The van der Waals surface area contributed by atoms with Crippen LogP contribution in [0.3, 0.4) is 0 Å². The molecule has 0 saturated carbocycles. The van der Waals surface area contributed by atoms with E-state index in [1.165, 1.54) is 23.2 Å². The highest BCUT2D eigenvalue weighted by Crippen LogP contribution is 2.32. The molecule has 36 heavy (non-hydrogen) atoms. The molecule has 0 aliphatic carbocycles. The van der Waals surface area contributed by atoms with Crippen molar-refractivity contribution in [3.8, 4) is 11.1 Å². The normalized spacial score (nSPS) is 21.2. The second kappa shape index (κ2) is 11.2. The van der Waals surface area contributed by atoms with Gasteiger partial charge in [0.25, 0.3) is 0 Å². The Morgan fingerprint density at radius 1 is 1.22 bits per heavy atom. The Hall–Kier alpha value is -2.54. The van der Waals surface area contributed by atoms with Crippen molar-refractivity contribution in [2.75, 3.05) is 31.1 Å². The maximum absolute atomic E-state index is 12.9. The van der Waals surface area contributed by atoms with E-state index in [0.29, 0.717) is 12.5 Å². The molecule has 0 spiro atoms. The molecule has 4 rings (SSSR count). The Morgan fingerprint density at radius 2 is 2.03 bits per heavy atom. The second-order valence-corrected chi connectivity index (χ2v) is 11.6. The number of piperazine rings is 1. The van der Waals surface area contributed by atoms with Crippen LogP contribution >= 0.6 is 0 Å². The van der Waals surface area contributed by atoms with Crippen LogP contribution in [0.25, 0.3) is 11.1 Å². The molecule has 3 heterocycles. The van der Waals surface area contributed by atoms with Gasteiger partial charge in [0, 0.05) is 43.7 Å². The number of anilines is 1. The number of aryl methyl sites for hydroxylation is 1. The van der Waals surface area contributed by atoms with Gasteiger partial charge in [0.15, 0.2) is 0 Å². The van der Waals surface area contributed by atoms with E-state index in [1.807, 2.05) is 36.5 Å². The van der Waals surface area contributed by atoms with Gasteiger partial charge in [0.2, 0.25) is 0 Å². The molecule has 2 fully saturated rings. The van der Waals surface area contributed by atoms with Crippen molar-refractivity contribution in [3.05, 3.63) is 36.2 Å². The van der Waals surface area contributed by atoms with Crippen molar-refractivity contribution in [2.45, 2.75) is 91.5 Å². The molecule has 1 aromatic heterocycles. The number of amides is 1. The number of ether oxygens (including phenoxy) is 2. The second-order valence-electron chi connectivity index (χ2n) is 11.6. The minimum absolute atomic E-state index is 0.0519. The summed E-state index contributed by atoms with van der Waals surface area (Å²) in [5.41, 5.74) is 4.41. The summed E-state index contributed by atoms with van der Waals surface area (Å²) in [5, 5.41) is 4.62. The third kappa shape index (κ3) is 6.41. The van der Waals surface area contributed by atoms with E-state index in [2.05, 4.69) is 55.2 Å². The molecule has 7 nitrogen and oxygen atoms in total. The fourth-order valence-electron chi connectivity index (χ4n) is 5.31.